The number of nitrogens with zero attached hydrogens (tertiary/aromatic N) is 3. The van der Waals surface area contributed by atoms with Gasteiger partial charge in [-0.15, -0.1) is 11.8 Å². The Morgan fingerprint density at radius 2 is 0.826 bits per heavy atom. The Balaban J connectivity index is 1.10. The van der Waals surface area contributed by atoms with Crippen LogP contribution >= 0.6 is 33.3 Å². The van der Waals surface area contributed by atoms with E-state index in [0.717, 1.165) is 21.6 Å². The third-order valence-corrected chi connectivity index (χ3v) is 22.6. The molecule has 0 aliphatic carbocycles. The maximum atomic E-state index is 15.8. The van der Waals surface area contributed by atoms with Crippen LogP contribution in [0.25, 0.3) is 21.8 Å². The molecule has 36 heteroatoms. The fraction of sp³-hybridized carbons (Fsp3) is 0.452. The van der Waals surface area contributed by atoms with E-state index in [4.69, 9.17) is 17.2 Å². The number of fused-ring (bicyclic) bond motifs is 7. The quantitative estimate of drug-likeness (QED) is 0.0304. The molecule has 582 valence electrons. The molecule has 12 amide bonds. The monoisotopic (exact) mass is 1550 g/mol. The SMILES string of the molecule is C[C@@H]1NC(=O)[C@@H]2CSS[C@H](NC(=O)[C@H](Cc3c[nH]c4ccccc34)NC(=O)[C@H](CCCCN)NC(=O)[C@H](CCCCN)NC(=O)[C@H](CCCCN)NC1=O)C(=O)N1CSC[C@H]1C(=O)N[C@@H](Cc1c[nH]cn1)C(=O)N[C@H](Cc1ccccc1)C(=O)N[C@@H](Cc1c[nH]cn1)C(=O)N[C@@H](Cc1c[nH]c3ccccc13)C(=O)N2. The van der Waals surface area contributed by atoms with Gasteiger partial charge in [-0.05, 0) is 113 Å². The summed E-state index contributed by atoms with van der Waals surface area (Å²) >= 11 is 1.19. The van der Waals surface area contributed by atoms with Crippen molar-refractivity contribution < 1.29 is 57.5 Å². The van der Waals surface area contributed by atoms with Crippen LogP contribution in [-0.2, 0) is 89.6 Å². The molecule has 0 saturated carbocycles. The molecule has 21 N–H and O–H groups in total. The molecule has 7 aromatic rings. The van der Waals surface area contributed by atoms with Crippen molar-refractivity contribution in [3.63, 3.8) is 0 Å². The van der Waals surface area contributed by atoms with Crippen LogP contribution in [0.5, 0.6) is 0 Å². The molecule has 12 atom stereocenters. The minimum atomic E-state index is -1.70. The van der Waals surface area contributed by atoms with Gasteiger partial charge in [0.15, 0.2) is 5.37 Å². The zero-order valence-electron chi connectivity index (χ0n) is 60.2. The lowest BCUT2D eigenvalue weighted by molar-refractivity contribution is -0.140. The number of aromatic amines is 4. The molecule has 4 aromatic heterocycles. The molecule has 0 unspecified atom stereocenters. The minimum Gasteiger partial charge on any atom is -0.361 e. The third-order valence-electron chi connectivity index (χ3n) is 19.1. The zero-order valence-corrected chi connectivity index (χ0v) is 62.7. The first-order valence-corrected chi connectivity index (χ1v) is 40.0. The number of rotatable bonds is 22. The van der Waals surface area contributed by atoms with E-state index in [9.17, 15) is 14.4 Å². The van der Waals surface area contributed by atoms with Crippen LogP contribution in [-0.4, -0.2) is 215 Å². The second-order valence-corrected chi connectivity index (χ2v) is 30.6. The predicted molar refractivity (Wildman–Crippen MR) is 412 cm³/mol. The highest BCUT2D eigenvalue weighted by Gasteiger charge is 2.43. The summed E-state index contributed by atoms with van der Waals surface area (Å²) in [4.78, 5) is 205. The topological polar surface area (TPSA) is 507 Å². The number of amides is 12. The Morgan fingerprint density at radius 3 is 1.30 bits per heavy atom. The maximum Gasteiger partial charge on any atom is 0.257 e. The smallest absolute Gasteiger partial charge is 0.257 e. The molecule has 3 aliphatic heterocycles. The van der Waals surface area contributed by atoms with Gasteiger partial charge in [-0.25, -0.2) is 9.97 Å². The van der Waals surface area contributed by atoms with E-state index >= 15 is 43.2 Å². The van der Waals surface area contributed by atoms with Gasteiger partial charge in [-0.1, -0.05) is 88.3 Å². The lowest BCUT2D eigenvalue weighted by Gasteiger charge is -2.31. The first-order valence-electron chi connectivity index (χ1n) is 36.5. The third kappa shape index (κ3) is 22.7. The van der Waals surface area contributed by atoms with Crippen molar-refractivity contribution in [2.75, 3.05) is 37.0 Å². The fourth-order valence-corrected chi connectivity index (χ4v) is 16.6. The molecule has 3 fully saturated rings. The number of thioether (sulfide) groups is 1. The number of H-pyrrole nitrogens is 4. The van der Waals surface area contributed by atoms with Crippen LogP contribution in [0.15, 0.2) is 116 Å². The summed E-state index contributed by atoms with van der Waals surface area (Å²) in [5.74, 6) is -10.9. The molecule has 33 nitrogen and oxygen atoms in total. The number of hydrogen-bond acceptors (Lipinski definition) is 20. The summed E-state index contributed by atoms with van der Waals surface area (Å²) in [6.45, 7) is 2.07. The summed E-state index contributed by atoms with van der Waals surface area (Å²) in [7, 11) is 1.55. The maximum absolute atomic E-state index is 15.8. The summed E-state index contributed by atoms with van der Waals surface area (Å²) in [5.41, 5.74) is 21.5. The number of imidazole rings is 2. The van der Waals surface area contributed by atoms with Crippen LogP contribution in [0.4, 0.5) is 0 Å². The van der Waals surface area contributed by atoms with Gasteiger partial charge in [0, 0.05) is 90.2 Å². The second-order valence-electron chi connectivity index (χ2n) is 27.1. The number of aromatic nitrogens is 6. The first-order chi connectivity index (χ1) is 52.8. The van der Waals surface area contributed by atoms with Gasteiger partial charge < -0.3 is 101 Å². The minimum absolute atomic E-state index is 0.0127. The van der Waals surface area contributed by atoms with E-state index in [1.807, 2.05) is 24.3 Å². The summed E-state index contributed by atoms with van der Waals surface area (Å²) in [6, 6.07) is 7.13. The average molecular weight is 1550 g/mol. The van der Waals surface area contributed by atoms with Gasteiger partial charge in [0.05, 0.1) is 29.9 Å². The van der Waals surface area contributed by atoms with Gasteiger partial charge in [-0.2, -0.15) is 0 Å². The Hall–Kier alpha value is -10.3. The van der Waals surface area contributed by atoms with Gasteiger partial charge in [0.25, 0.3) is 5.91 Å². The van der Waals surface area contributed by atoms with Crippen LogP contribution in [0.3, 0.4) is 0 Å². The molecule has 3 saturated heterocycles. The highest BCUT2D eigenvalue weighted by molar-refractivity contribution is 8.77. The van der Waals surface area contributed by atoms with Crippen molar-refractivity contribution in [2.45, 2.75) is 169 Å². The predicted octanol–water partition coefficient (Wildman–Crippen LogP) is -0.384. The van der Waals surface area contributed by atoms with Crippen LogP contribution < -0.4 is 75.7 Å². The molecule has 2 bridgehead atoms. The molecule has 3 aliphatic rings. The van der Waals surface area contributed by atoms with Crippen molar-refractivity contribution in [3.05, 3.63) is 144 Å². The van der Waals surface area contributed by atoms with Crippen molar-refractivity contribution >= 4 is 126 Å². The van der Waals surface area contributed by atoms with Gasteiger partial charge in [-0.3, -0.25) is 57.5 Å². The number of hydrogen-bond donors (Lipinski definition) is 18. The number of para-hydroxylation sites is 2. The van der Waals surface area contributed by atoms with Crippen LogP contribution in [0.2, 0.25) is 0 Å². The van der Waals surface area contributed by atoms with Crippen molar-refractivity contribution in [2.24, 2.45) is 17.2 Å². The standard InChI is InChI=1S/C73H95N21O12S3/c1-41-61(95)84-51(21-9-12-24-74)62(96)85-52(22-10-13-25-75)63(97)86-53(23-11-14-26-76)64(98)88-56(29-44-33-80-50-20-8-6-18-48(44)50)69(103)93-72-73(106)94-40-107-37-60(94)71(105)91-58(31-46-35-78-39-82-46)68(102)87-54(27-42-15-3-2-4-16-42)65(99)90-57(30-45-34-77-38-81-45)67(101)89-55(28-43-32-79-49-19-7-5-17-47(43)49)66(100)92-59(36-108-109-72)70(104)83-41/h2-8,15-20,32-35,38-39,41,51-60,72,79-80H,9-14,21-31,36-37,40,74-76H2,1H3,(H,77,81)(H,78,82)(H,83,104)(H,84,95)(H,85,96)(H,86,97)(H,87,102)(H,88,98)(H,89,101)(H,90,99)(H,91,105)(H,92,100)(H,93,103)/t41-,51-,52-,53-,54+,55-,56-,57-,58-,59-,60-,72-/m0/s1. The number of nitrogens with one attached hydrogen (secondary N) is 15. The lowest BCUT2D eigenvalue weighted by Crippen LogP contribution is -2.62. The van der Waals surface area contributed by atoms with E-state index in [1.54, 1.807) is 67.0 Å². The normalized spacial score (nSPS) is 24.6. The summed E-state index contributed by atoms with van der Waals surface area (Å²) in [6.07, 6.45) is 10.4. The van der Waals surface area contributed by atoms with Crippen molar-refractivity contribution in [1.29, 1.82) is 0 Å². The highest BCUT2D eigenvalue weighted by atomic mass is 33.1. The molecule has 10 rings (SSSR count). The van der Waals surface area contributed by atoms with Gasteiger partial charge in [0.1, 0.15) is 66.5 Å². The molecular formula is C73H95N21O12S3. The zero-order chi connectivity index (χ0) is 77.3. The number of carbonyl (C=O) groups excluding carboxylic acids is 12. The Morgan fingerprint density at radius 1 is 0.413 bits per heavy atom. The molecule has 7 heterocycles. The van der Waals surface area contributed by atoms with Crippen molar-refractivity contribution in [3.8, 4) is 0 Å². The largest absolute Gasteiger partial charge is 0.361 e. The Bertz CT molecular complexity index is 4280. The van der Waals surface area contributed by atoms with Crippen molar-refractivity contribution in [1.82, 2.24) is 93.3 Å². The Kier molecular flexibility index (Phi) is 30.0. The average Bonchev–Trinajstić information content (AvgIpc) is 1.79. The number of carbonyl (C=O) groups is 12. The van der Waals surface area contributed by atoms with E-state index in [-0.39, 0.29) is 82.6 Å². The second kappa shape index (κ2) is 40.2. The lowest BCUT2D eigenvalue weighted by atomic mass is 10.0. The first kappa shape index (κ1) is 81.3. The van der Waals surface area contributed by atoms with E-state index in [0.29, 0.717) is 88.4 Å². The molecule has 0 radical (unpaired) electrons. The summed E-state index contributed by atoms with van der Waals surface area (Å²) < 4.78 is 0. The van der Waals surface area contributed by atoms with Gasteiger partial charge in [0.2, 0.25) is 65.0 Å². The van der Waals surface area contributed by atoms with Gasteiger partial charge >= 0.3 is 0 Å². The molecule has 0 spiro atoms. The van der Waals surface area contributed by atoms with E-state index in [1.165, 1.54) is 48.6 Å². The van der Waals surface area contributed by atoms with E-state index < -0.39 is 148 Å². The highest BCUT2D eigenvalue weighted by Crippen LogP contribution is 2.32. The summed E-state index contributed by atoms with van der Waals surface area (Å²) in [5, 5.41) is 30.6. The molecule has 3 aromatic carbocycles. The fourth-order valence-electron chi connectivity index (χ4n) is 13.0. The number of nitrogens with two attached hydrogens (primary N) is 3. The number of benzene rings is 3. The molecular weight excluding hydrogens is 1460 g/mol. The van der Waals surface area contributed by atoms with Crippen LogP contribution in [0.1, 0.15) is 92.8 Å². The molecule has 109 heavy (non-hydrogen) atoms. The van der Waals surface area contributed by atoms with Crippen LogP contribution in [0, 0.1) is 0 Å². The number of unbranched alkanes of at least 4 members (excludes halogenated alkanes) is 3. The van der Waals surface area contributed by atoms with E-state index in [2.05, 4.69) is 88.4 Å². The Labute approximate surface area is 640 Å².